The summed E-state index contributed by atoms with van der Waals surface area (Å²) in [5.74, 6) is 0.151. The molecule has 0 aliphatic heterocycles. The van der Waals surface area contributed by atoms with Crippen LogP contribution < -0.4 is 4.67 Å². The summed E-state index contributed by atoms with van der Waals surface area (Å²) in [4.78, 5) is 11.6. The molecule has 0 unspecified atom stereocenters. The van der Waals surface area contributed by atoms with E-state index in [9.17, 15) is 4.79 Å². The zero-order chi connectivity index (χ0) is 16.7. The largest absolute Gasteiger partial charge is 0.300 e. The lowest BCUT2D eigenvalue weighted by molar-refractivity contribution is -0.115. The van der Waals surface area contributed by atoms with Gasteiger partial charge in [0, 0.05) is 24.2 Å². The van der Waals surface area contributed by atoms with Gasteiger partial charge in [0.15, 0.2) is 8.96 Å². The SMILES string of the molecule is CC(=O)CC(Cc1ccccc1)=NN(c1ccccc1)[SiH](C)C. The van der Waals surface area contributed by atoms with Crippen molar-refractivity contribution in [3.63, 3.8) is 0 Å². The number of nitrogens with zero attached hydrogens (tertiary/aromatic N) is 2. The van der Waals surface area contributed by atoms with Crippen molar-refractivity contribution in [1.82, 2.24) is 0 Å². The van der Waals surface area contributed by atoms with Crippen molar-refractivity contribution in [2.75, 3.05) is 4.67 Å². The second-order valence-electron chi connectivity index (χ2n) is 5.98. The van der Waals surface area contributed by atoms with E-state index in [4.69, 9.17) is 5.10 Å². The van der Waals surface area contributed by atoms with Crippen LogP contribution in [0.25, 0.3) is 0 Å². The van der Waals surface area contributed by atoms with Crippen LogP contribution in [0.15, 0.2) is 65.8 Å². The summed E-state index contributed by atoms with van der Waals surface area (Å²) in [6.07, 6.45) is 1.12. The Kier molecular flexibility index (Phi) is 6.29. The smallest absolute Gasteiger partial charge is 0.164 e. The van der Waals surface area contributed by atoms with Gasteiger partial charge in [0.1, 0.15) is 5.78 Å². The first kappa shape index (κ1) is 17.2. The van der Waals surface area contributed by atoms with Crippen molar-refractivity contribution >= 4 is 26.1 Å². The summed E-state index contributed by atoms with van der Waals surface area (Å²) in [5, 5.41) is 4.87. The number of anilines is 1. The Morgan fingerprint density at radius 2 is 1.57 bits per heavy atom. The minimum Gasteiger partial charge on any atom is -0.300 e. The molecule has 3 nitrogen and oxygen atoms in total. The lowest BCUT2D eigenvalue weighted by atomic mass is 10.1. The normalized spacial score (nSPS) is 11.6. The van der Waals surface area contributed by atoms with Gasteiger partial charge >= 0.3 is 0 Å². The van der Waals surface area contributed by atoms with Gasteiger partial charge in [-0.2, -0.15) is 5.10 Å². The number of ketones is 1. The first-order chi connectivity index (χ1) is 11.1. The fourth-order valence-corrected chi connectivity index (χ4v) is 3.62. The molecule has 23 heavy (non-hydrogen) atoms. The molecule has 0 amide bonds. The monoisotopic (exact) mass is 324 g/mol. The van der Waals surface area contributed by atoms with Gasteiger partial charge in [-0.1, -0.05) is 61.6 Å². The van der Waals surface area contributed by atoms with Crippen molar-refractivity contribution in [1.29, 1.82) is 0 Å². The van der Waals surface area contributed by atoms with Gasteiger partial charge in [-0.25, -0.2) is 0 Å². The molecule has 0 aliphatic carbocycles. The molecule has 2 rings (SSSR count). The van der Waals surface area contributed by atoms with Crippen molar-refractivity contribution in [3.8, 4) is 0 Å². The van der Waals surface area contributed by atoms with E-state index in [-0.39, 0.29) is 5.78 Å². The number of benzene rings is 2. The van der Waals surface area contributed by atoms with E-state index in [2.05, 4.69) is 42.0 Å². The molecule has 0 aliphatic rings. The summed E-state index contributed by atoms with van der Waals surface area (Å²) >= 11 is 0. The minimum absolute atomic E-state index is 0.151. The second-order valence-corrected chi connectivity index (χ2v) is 8.66. The van der Waals surface area contributed by atoms with Gasteiger partial charge in [0.2, 0.25) is 0 Å². The number of hydrogen-bond donors (Lipinski definition) is 0. The van der Waals surface area contributed by atoms with Crippen LogP contribution in [0.4, 0.5) is 5.69 Å². The summed E-state index contributed by atoms with van der Waals surface area (Å²) < 4.78 is 2.13. The molecule has 0 saturated carbocycles. The Bertz CT molecular complexity index is 654. The summed E-state index contributed by atoms with van der Waals surface area (Å²) in [6.45, 7) is 6.11. The Labute approximate surface area is 140 Å². The van der Waals surface area contributed by atoms with Crippen LogP contribution in [-0.2, 0) is 11.2 Å². The number of carbonyl (C=O) groups is 1. The lowest BCUT2D eigenvalue weighted by Crippen LogP contribution is -2.31. The zero-order valence-corrected chi connectivity index (χ0v) is 15.2. The van der Waals surface area contributed by atoms with Crippen LogP contribution >= 0.6 is 0 Å². The van der Waals surface area contributed by atoms with Crippen molar-refractivity contribution in [2.24, 2.45) is 5.10 Å². The van der Waals surface area contributed by atoms with Crippen LogP contribution in [0.5, 0.6) is 0 Å². The highest BCUT2D eigenvalue weighted by molar-refractivity contribution is 6.60. The number of hydrazone groups is 1. The van der Waals surface area contributed by atoms with Crippen LogP contribution in [0.3, 0.4) is 0 Å². The fraction of sp³-hybridized carbons (Fsp3) is 0.263. The van der Waals surface area contributed by atoms with Crippen LogP contribution in [0.2, 0.25) is 13.1 Å². The standard InChI is InChI=1S/C19H24N2OSi/c1-16(22)14-18(15-17-10-6-4-7-11-17)20-21(23(2)3)19-12-8-5-9-13-19/h4-13,23H,14-15H2,1-3H3. The topological polar surface area (TPSA) is 32.7 Å². The summed E-state index contributed by atoms with van der Waals surface area (Å²) in [7, 11) is -1.19. The summed E-state index contributed by atoms with van der Waals surface area (Å²) in [5.41, 5.74) is 3.21. The molecule has 0 N–H and O–H groups in total. The van der Waals surface area contributed by atoms with Crippen LogP contribution in [0.1, 0.15) is 18.9 Å². The third-order valence-electron chi connectivity index (χ3n) is 3.46. The molecular formula is C19H24N2OSi. The third-order valence-corrected chi connectivity index (χ3v) is 4.85. The Morgan fingerprint density at radius 1 is 1.00 bits per heavy atom. The lowest BCUT2D eigenvalue weighted by Gasteiger charge is -2.24. The number of hydrogen-bond acceptors (Lipinski definition) is 3. The van der Waals surface area contributed by atoms with E-state index in [1.165, 1.54) is 5.56 Å². The molecule has 0 fully saturated rings. The first-order valence-electron chi connectivity index (χ1n) is 8.00. The molecule has 4 heteroatoms. The molecule has 0 heterocycles. The van der Waals surface area contributed by atoms with Gasteiger partial charge in [0.25, 0.3) is 0 Å². The van der Waals surface area contributed by atoms with Gasteiger partial charge < -0.3 is 0 Å². The van der Waals surface area contributed by atoms with E-state index in [1.807, 2.05) is 36.4 Å². The average molecular weight is 325 g/mol. The number of carbonyl (C=O) groups excluding carboxylic acids is 1. The quantitative estimate of drug-likeness (QED) is 0.437. The van der Waals surface area contributed by atoms with Gasteiger partial charge in [-0.05, 0) is 24.6 Å². The minimum atomic E-state index is -1.19. The molecule has 120 valence electrons. The molecule has 0 saturated heterocycles. The van der Waals surface area contributed by atoms with E-state index in [1.54, 1.807) is 6.92 Å². The molecule has 0 bridgehead atoms. The molecule has 2 aromatic rings. The molecular weight excluding hydrogens is 300 g/mol. The number of rotatable bonds is 7. The Balaban J connectivity index is 2.31. The van der Waals surface area contributed by atoms with Gasteiger partial charge in [-0.15, -0.1) is 0 Å². The summed E-state index contributed by atoms with van der Waals surface area (Å²) in [6, 6.07) is 20.4. The molecule has 0 atom stereocenters. The highest BCUT2D eigenvalue weighted by Gasteiger charge is 2.13. The van der Waals surface area contributed by atoms with Crippen molar-refractivity contribution < 1.29 is 4.79 Å². The predicted molar refractivity (Wildman–Crippen MR) is 101 cm³/mol. The molecule has 0 radical (unpaired) electrons. The Morgan fingerprint density at radius 3 is 2.09 bits per heavy atom. The van der Waals surface area contributed by atoms with E-state index >= 15 is 0 Å². The van der Waals surface area contributed by atoms with Crippen molar-refractivity contribution in [3.05, 3.63) is 66.2 Å². The van der Waals surface area contributed by atoms with Crippen LogP contribution in [0, 0.1) is 0 Å². The van der Waals surface area contributed by atoms with Gasteiger partial charge in [-0.3, -0.25) is 9.47 Å². The van der Waals surface area contributed by atoms with E-state index in [0.29, 0.717) is 12.8 Å². The highest BCUT2D eigenvalue weighted by Crippen LogP contribution is 2.17. The third kappa shape index (κ3) is 5.49. The number of para-hydroxylation sites is 1. The first-order valence-corrected chi connectivity index (χ1v) is 10.8. The highest BCUT2D eigenvalue weighted by atomic mass is 28.3. The van der Waals surface area contributed by atoms with Crippen molar-refractivity contribution in [2.45, 2.75) is 32.9 Å². The van der Waals surface area contributed by atoms with E-state index in [0.717, 1.165) is 11.4 Å². The molecule has 2 aromatic carbocycles. The Hall–Kier alpha value is -2.20. The average Bonchev–Trinajstić information content (AvgIpc) is 2.53. The van der Waals surface area contributed by atoms with Crippen LogP contribution in [-0.4, -0.2) is 20.5 Å². The fourth-order valence-electron chi connectivity index (χ4n) is 2.46. The van der Waals surface area contributed by atoms with Gasteiger partial charge in [0.05, 0.1) is 0 Å². The zero-order valence-electron chi connectivity index (χ0n) is 14.1. The maximum Gasteiger partial charge on any atom is 0.164 e. The predicted octanol–water partition coefficient (Wildman–Crippen LogP) is 4.05. The maximum atomic E-state index is 11.6. The maximum absolute atomic E-state index is 11.6. The molecule has 0 aromatic heterocycles. The molecule has 0 spiro atoms. The second kappa shape index (κ2) is 8.43. The number of Topliss-reactive ketones (excluding diaryl/α,β-unsaturated/α-hetero) is 1. The van der Waals surface area contributed by atoms with E-state index < -0.39 is 8.96 Å².